The lowest BCUT2D eigenvalue weighted by molar-refractivity contribution is 0.0946. The molecule has 0 aliphatic heterocycles. The first kappa shape index (κ1) is 11.0. The lowest BCUT2D eigenvalue weighted by Crippen LogP contribution is -2.20. The number of hydrogen-bond donors (Lipinski definition) is 1. The molecule has 0 bridgehead atoms. The van der Waals surface area contributed by atoms with Crippen LogP contribution in [0.25, 0.3) is 0 Å². The molecular formula is C16H14O2. The summed E-state index contributed by atoms with van der Waals surface area (Å²) in [7, 11) is 0. The molecular weight excluding hydrogens is 224 g/mol. The molecule has 0 saturated carbocycles. The molecule has 0 heterocycles. The second-order valence-corrected chi connectivity index (χ2v) is 4.71. The van der Waals surface area contributed by atoms with Crippen molar-refractivity contribution in [1.82, 2.24) is 0 Å². The van der Waals surface area contributed by atoms with Gasteiger partial charge < -0.3 is 5.11 Å². The molecule has 0 spiro atoms. The smallest absolute Gasteiger partial charge is 0.170 e. The van der Waals surface area contributed by atoms with Crippen LogP contribution in [0.5, 0.6) is 5.75 Å². The van der Waals surface area contributed by atoms with Crippen LogP contribution in [0.15, 0.2) is 48.5 Å². The van der Waals surface area contributed by atoms with E-state index in [-0.39, 0.29) is 17.5 Å². The molecule has 2 aromatic rings. The molecule has 2 heteroatoms. The standard InChI is InChI=1S/C16H14O2/c17-13-7-9-15-12(10-13)6-8-14(16(15)18)11-4-2-1-3-5-11/h1-5,7,9-10,14,17H,6,8H2. The van der Waals surface area contributed by atoms with E-state index in [0.29, 0.717) is 0 Å². The van der Waals surface area contributed by atoms with Crippen LogP contribution < -0.4 is 0 Å². The van der Waals surface area contributed by atoms with Crippen molar-refractivity contribution in [1.29, 1.82) is 0 Å². The average molecular weight is 238 g/mol. The summed E-state index contributed by atoms with van der Waals surface area (Å²) in [6, 6.07) is 14.9. The summed E-state index contributed by atoms with van der Waals surface area (Å²) < 4.78 is 0. The first-order valence-corrected chi connectivity index (χ1v) is 6.17. The van der Waals surface area contributed by atoms with Gasteiger partial charge in [0.15, 0.2) is 5.78 Å². The third kappa shape index (κ3) is 1.80. The molecule has 1 unspecified atom stereocenters. The van der Waals surface area contributed by atoms with E-state index in [1.165, 1.54) is 0 Å². The van der Waals surface area contributed by atoms with Gasteiger partial charge in [-0.2, -0.15) is 0 Å². The first-order valence-electron chi connectivity index (χ1n) is 6.17. The molecule has 1 aliphatic rings. The molecule has 0 fully saturated rings. The van der Waals surface area contributed by atoms with Crippen LogP contribution in [0.2, 0.25) is 0 Å². The Hall–Kier alpha value is -2.09. The van der Waals surface area contributed by atoms with Gasteiger partial charge >= 0.3 is 0 Å². The van der Waals surface area contributed by atoms with Crippen LogP contribution in [-0.4, -0.2) is 10.9 Å². The van der Waals surface area contributed by atoms with Gasteiger partial charge in [-0.3, -0.25) is 4.79 Å². The lowest BCUT2D eigenvalue weighted by atomic mass is 9.79. The van der Waals surface area contributed by atoms with Crippen molar-refractivity contribution < 1.29 is 9.90 Å². The second kappa shape index (κ2) is 4.30. The highest BCUT2D eigenvalue weighted by molar-refractivity contribution is 6.03. The fraction of sp³-hybridized carbons (Fsp3) is 0.188. The van der Waals surface area contributed by atoms with Crippen LogP contribution in [0.4, 0.5) is 0 Å². The Morgan fingerprint density at radius 3 is 2.61 bits per heavy atom. The Morgan fingerprint density at radius 1 is 1.06 bits per heavy atom. The third-order valence-electron chi connectivity index (χ3n) is 3.58. The van der Waals surface area contributed by atoms with Crippen molar-refractivity contribution in [2.45, 2.75) is 18.8 Å². The fourth-order valence-corrected chi connectivity index (χ4v) is 2.65. The van der Waals surface area contributed by atoms with Crippen LogP contribution >= 0.6 is 0 Å². The molecule has 18 heavy (non-hydrogen) atoms. The number of Topliss-reactive ketones (excluding diaryl/α,β-unsaturated/α-hetero) is 1. The van der Waals surface area contributed by atoms with E-state index in [1.54, 1.807) is 18.2 Å². The molecule has 0 radical (unpaired) electrons. The van der Waals surface area contributed by atoms with Crippen LogP contribution in [-0.2, 0) is 6.42 Å². The van der Waals surface area contributed by atoms with Gasteiger partial charge in [-0.1, -0.05) is 30.3 Å². The molecule has 3 rings (SSSR count). The van der Waals surface area contributed by atoms with Crippen LogP contribution in [0, 0.1) is 0 Å². The highest BCUT2D eigenvalue weighted by Gasteiger charge is 2.28. The Labute approximate surface area is 106 Å². The molecule has 90 valence electrons. The van der Waals surface area contributed by atoms with Gasteiger partial charge in [0.1, 0.15) is 5.75 Å². The maximum Gasteiger partial charge on any atom is 0.170 e. The van der Waals surface area contributed by atoms with Gasteiger partial charge in [0.05, 0.1) is 0 Å². The molecule has 1 atom stereocenters. The molecule has 0 aromatic heterocycles. The van der Waals surface area contributed by atoms with Gasteiger partial charge in [0, 0.05) is 11.5 Å². The van der Waals surface area contributed by atoms with Gasteiger partial charge in [0.25, 0.3) is 0 Å². The number of benzene rings is 2. The number of phenolic OH excluding ortho intramolecular Hbond substituents is 1. The maximum atomic E-state index is 12.4. The quantitative estimate of drug-likeness (QED) is 0.827. The summed E-state index contributed by atoms with van der Waals surface area (Å²) in [5.74, 6) is 0.366. The minimum Gasteiger partial charge on any atom is -0.508 e. The zero-order valence-electron chi connectivity index (χ0n) is 9.97. The molecule has 0 amide bonds. The number of ketones is 1. The minimum atomic E-state index is -0.0387. The number of carbonyl (C=O) groups is 1. The zero-order chi connectivity index (χ0) is 12.5. The zero-order valence-corrected chi connectivity index (χ0v) is 9.97. The number of phenols is 1. The number of hydrogen-bond acceptors (Lipinski definition) is 2. The predicted molar refractivity (Wildman–Crippen MR) is 69.9 cm³/mol. The van der Waals surface area contributed by atoms with Gasteiger partial charge in [-0.25, -0.2) is 0 Å². The van der Waals surface area contributed by atoms with Crippen molar-refractivity contribution in [3.05, 3.63) is 65.2 Å². The summed E-state index contributed by atoms with van der Waals surface area (Å²) in [6.45, 7) is 0. The van der Waals surface area contributed by atoms with E-state index in [0.717, 1.165) is 29.5 Å². The minimum absolute atomic E-state index is 0.0387. The molecule has 2 aromatic carbocycles. The van der Waals surface area contributed by atoms with Gasteiger partial charge in [-0.15, -0.1) is 0 Å². The largest absolute Gasteiger partial charge is 0.508 e. The third-order valence-corrected chi connectivity index (χ3v) is 3.58. The predicted octanol–water partition coefficient (Wildman–Crippen LogP) is 3.30. The maximum absolute atomic E-state index is 12.4. The summed E-state index contributed by atoms with van der Waals surface area (Å²) in [5, 5.41) is 9.45. The fourth-order valence-electron chi connectivity index (χ4n) is 2.65. The van der Waals surface area contributed by atoms with E-state index in [1.807, 2.05) is 30.3 Å². The molecule has 1 aliphatic carbocycles. The lowest BCUT2D eigenvalue weighted by Gasteiger charge is -2.23. The molecule has 1 N–H and O–H groups in total. The van der Waals surface area contributed by atoms with Crippen LogP contribution in [0.1, 0.15) is 33.8 Å². The molecule has 2 nitrogen and oxygen atoms in total. The van der Waals surface area contributed by atoms with Gasteiger partial charge in [0.2, 0.25) is 0 Å². The van der Waals surface area contributed by atoms with E-state index in [2.05, 4.69) is 0 Å². The number of rotatable bonds is 1. The van der Waals surface area contributed by atoms with E-state index in [4.69, 9.17) is 0 Å². The number of aromatic hydroxyl groups is 1. The average Bonchev–Trinajstić information content (AvgIpc) is 2.40. The Kier molecular flexibility index (Phi) is 2.63. The van der Waals surface area contributed by atoms with Crippen molar-refractivity contribution in [2.75, 3.05) is 0 Å². The second-order valence-electron chi connectivity index (χ2n) is 4.71. The van der Waals surface area contributed by atoms with Crippen molar-refractivity contribution >= 4 is 5.78 Å². The highest BCUT2D eigenvalue weighted by Crippen LogP contribution is 2.33. The summed E-state index contributed by atoms with van der Waals surface area (Å²) in [4.78, 5) is 12.4. The van der Waals surface area contributed by atoms with Crippen molar-refractivity contribution in [2.24, 2.45) is 0 Å². The summed E-state index contributed by atoms with van der Waals surface area (Å²) in [6.07, 6.45) is 1.66. The van der Waals surface area contributed by atoms with Crippen molar-refractivity contribution in [3.63, 3.8) is 0 Å². The van der Waals surface area contributed by atoms with Crippen molar-refractivity contribution in [3.8, 4) is 5.75 Å². The Bertz CT molecular complexity index is 587. The summed E-state index contributed by atoms with van der Waals surface area (Å²) in [5.41, 5.74) is 2.81. The van der Waals surface area contributed by atoms with E-state index < -0.39 is 0 Å². The number of aryl methyl sites for hydroxylation is 1. The first-order chi connectivity index (χ1) is 8.75. The Morgan fingerprint density at radius 2 is 1.83 bits per heavy atom. The highest BCUT2D eigenvalue weighted by atomic mass is 16.3. The van der Waals surface area contributed by atoms with Crippen LogP contribution in [0.3, 0.4) is 0 Å². The number of carbonyl (C=O) groups excluding carboxylic acids is 1. The van der Waals surface area contributed by atoms with E-state index in [9.17, 15) is 9.90 Å². The topological polar surface area (TPSA) is 37.3 Å². The monoisotopic (exact) mass is 238 g/mol. The molecule has 0 saturated heterocycles. The van der Waals surface area contributed by atoms with Gasteiger partial charge in [-0.05, 0) is 42.2 Å². The SMILES string of the molecule is O=C1c2ccc(O)cc2CCC1c1ccccc1. The summed E-state index contributed by atoms with van der Waals surface area (Å²) >= 11 is 0. The number of fused-ring (bicyclic) bond motifs is 1. The van der Waals surface area contributed by atoms with E-state index >= 15 is 0 Å². The Balaban J connectivity index is 2.00. The normalized spacial score (nSPS) is 18.4.